The molecule has 1 aromatic heterocycles. The molecule has 0 aliphatic heterocycles. The maximum Gasteiger partial charge on any atom is 0.416 e. The molecule has 0 radical (unpaired) electrons. The molecule has 0 spiro atoms. The minimum absolute atomic E-state index is 0.0203. The molecule has 6 heteroatoms. The van der Waals surface area contributed by atoms with Crippen molar-refractivity contribution in [2.24, 2.45) is 0 Å². The van der Waals surface area contributed by atoms with Crippen molar-refractivity contribution >= 4 is 0 Å². The van der Waals surface area contributed by atoms with Gasteiger partial charge in [0.2, 0.25) is 5.89 Å². The predicted octanol–water partition coefficient (Wildman–Crippen LogP) is 3.64. The van der Waals surface area contributed by atoms with Gasteiger partial charge in [-0.25, -0.2) is 4.98 Å². The molecule has 0 aliphatic rings. The number of halogens is 3. The molecule has 0 saturated carbocycles. The Morgan fingerprint density at radius 3 is 2.37 bits per heavy atom. The van der Waals surface area contributed by atoms with E-state index >= 15 is 0 Å². The summed E-state index contributed by atoms with van der Waals surface area (Å²) in [5.74, 6) is 0.311. The molecule has 0 fully saturated rings. The fourth-order valence-corrected chi connectivity index (χ4v) is 1.57. The van der Waals surface area contributed by atoms with E-state index in [2.05, 4.69) is 10.3 Å². The third-order valence-electron chi connectivity index (χ3n) is 2.86. The lowest BCUT2D eigenvalue weighted by Crippen LogP contribution is -2.12. The Bertz CT molecular complexity index is 546. The van der Waals surface area contributed by atoms with Crippen LogP contribution in [0.2, 0.25) is 0 Å². The number of hydrogen-bond donors (Lipinski definition) is 1. The van der Waals surface area contributed by atoms with Gasteiger partial charge in [-0.1, -0.05) is 0 Å². The molecule has 1 heterocycles. The van der Waals surface area contributed by atoms with Crippen molar-refractivity contribution in [3.8, 4) is 11.5 Å². The van der Waals surface area contributed by atoms with Crippen LogP contribution in [-0.4, -0.2) is 12.0 Å². The van der Waals surface area contributed by atoms with E-state index < -0.39 is 11.7 Å². The third-order valence-corrected chi connectivity index (χ3v) is 2.86. The fraction of sp³-hybridized carbons (Fsp3) is 0.308. The molecule has 102 valence electrons. The average molecular weight is 270 g/mol. The first-order chi connectivity index (χ1) is 8.91. The predicted molar refractivity (Wildman–Crippen MR) is 64.4 cm³/mol. The summed E-state index contributed by atoms with van der Waals surface area (Å²) in [6.07, 6.45) is -2.84. The highest BCUT2D eigenvalue weighted by atomic mass is 19.4. The summed E-state index contributed by atoms with van der Waals surface area (Å²) in [5, 5.41) is 3.00. The molecule has 2 rings (SSSR count). The molecule has 0 saturated heterocycles. The number of benzene rings is 1. The minimum atomic E-state index is -4.33. The lowest BCUT2D eigenvalue weighted by molar-refractivity contribution is -0.137. The van der Waals surface area contributed by atoms with Crippen LogP contribution in [0.4, 0.5) is 13.2 Å². The van der Waals surface area contributed by atoms with Crippen molar-refractivity contribution in [3.63, 3.8) is 0 Å². The zero-order valence-electron chi connectivity index (χ0n) is 10.5. The number of nitrogens with zero attached hydrogens (tertiary/aromatic N) is 1. The largest absolute Gasteiger partial charge is 0.444 e. The number of hydrogen-bond acceptors (Lipinski definition) is 3. The second kappa shape index (κ2) is 5.05. The quantitative estimate of drug-likeness (QED) is 0.925. The highest BCUT2D eigenvalue weighted by Gasteiger charge is 2.30. The third kappa shape index (κ3) is 2.96. The summed E-state index contributed by atoms with van der Waals surface area (Å²) < 4.78 is 42.6. The van der Waals surface area contributed by atoms with E-state index in [1.165, 1.54) is 18.4 Å². The molecule has 1 atom stereocenters. The van der Waals surface area contributed by atoms with E-state index in [0.717, 1.165) is 12.1 Å². The summed E-state index contributed by atoms with van der Waals surface area (Å²) in [5.41, 5.74) is 0.534. The van der Waals surface area contributed by atoms with E-state index in [9.17, 15) is 13.2 Å². The molecule has 1 aromatic carbocycles. The van der Waals surface area contributed by atoms with Gasteiger partial charge in [0.05, 0.1) is 11.3 Å². The van der Waals surface area contributed by atoms with Crippen LogP contribution in [0, 0.1) is 0 Å². The van der Waals surface area contributed by atoms with Gasteiger partial charge in [0, 0.05) is 11.6 Å². The highest BCUT2D eigenvalue weighted by molar-refractivity contribution is 5.54. The van der Waals surface area contributed by atoms with Gasteiger partial charge in [-0.15, -0.1) is 0 Å². The maximum absolute atomic E-state index is 12.4. The Morgan fingerprint density at radius 1 is 1.21 bits per heavy atom. The van der Waals surface area contributed by atoms with E-state index in [1.807, 2.05) is 6.92 Å². The molecule has 1 N–H and O–H groups in total. The van der Waals surface area contributed by atoms with Crippen molar-refractivity contribution < 1.29 is 17.6 Å². The maximum atomic E-state index is 12.4. The van der Waals surface area contributed by atoms with Gasteiger partial charge in [-0.05, 0) is 38.2 Å². The summed E-state index contributed by atoms with van der Waals surface area (Å²) in [6, 6.07) is 4.75. The van der Waals surface area contributed by atoms with E-state index in [0.29, 0.717) is 17.1 Å². The van der Waals surface area contributed by atoms with Crippen LogP contribution in [0.25, 0.3) is 11.5 Å². The highest BCUT2D eigenvalue weighted by Crippen LogP contribution is 2.31. The Balaban J connectivity index is 2.25. The molecule has 0 bridgehead atoms. The molecular weight excluding hydrogens is 257 g/mol. The number of rotatable bonds is 3. The second-order valence-corrected chi connectivity index (χ2v) is 4.16. The lowest BCUT2D eigenvalue weighted by atomic mass is 10.1. The first-order valence-corrected chi connectivity index (χ1v) is 5.72. The van der Waals surface area contributed by atoms with Gasteiger partial charge in [0.15, 0.2) is 0 Å². The van der Waals surface area contributed by atoms with Crippen LogP contribution in [0.5, 0.6) is 0 Å². The van der Waals surface area contributed by atoms with E-state index in [-0.39, 0.29) is 6.04 Å². The number of nitrogens with one attached hydrogen (secondary N) is 1. The Hall–Kier alpha value is -1.82. The van der Waals surface area contributed by atoms with Crippen LogP contribution >= 0.6 is 0 Å². The molecule has 1 unspecified atom stereocenters. The fourth-order valence-electron chi connectivity index (χ4n) is 1.57. The van der Waals surface area contributed by atoms with Crippen molar-refractivity contribution in [1.82, 2.24) is 10.3 Å². The Morgan fingerprint density at radius 2 is 1.84 bits per heavy atom. The van der Waals surface area contributed by atoms with Gasteiger partial charge in [-0.2, -0.15) is 13.2 Å². The smallest absolute Gasteiger partial charge is 0.416 e. The SMILES string of the molecule is CNC(C)c1coc(-c2ccc(C(F)(F)F)cc2)n1. The summed E-state index contributed by atoms with van der Waals surface area (Å²) in [6.45, 7) is 1.91. The lowest BCUT2D eigenvalue weighted by Gasteiger charge is -2.06. The zero-order valence-corrected chi connectivity index (χ0v) is 10.5. The van der Waals surface area contributed by atoms with Crippen LogP contribution < -0.4 is 5.32 Å². The summed E-state index contributed by atoms with van der Waals surface area (Å²) >= 11 is 0. The molecule has 0 amide bonds. The standard InChI is InChI=1S/C13H13F3N2O/c1-8(17-2)11-7-19-12(18-11)9-3-5-10(6-4-9)13(14,15)16/h3-8,17H,1-2H3. The van der Waals surface area contributed by atoms with Gasteiger partial charge in [0.25, 0.3) is 0 Å². The number of oxazole rings is 1. The van der Waals surface area contributed by atoms with Crippen molar-refractivity contribution in [2.75, 3.05) is 7.05 Å². The number of aromatic nitrogens is 1. The first kappa shape index (κ1) is 13.6. The van der Waals surface area contributed by atoms with Gasteiger partial charge >= 0.3 is 6.18 Å². The zero-order chi connectivity index (χ0) is 14.0. The van der Waals surface area contributed by atoms with E-state index in [4.69, 9.17) is 4.42 Å². The monoisotopic (exact) mass is 270 g/mol. The number of alkyl halides is 3. The van der Waals surface area contributed by atoms with Crippen LogP contribution in [0.1, 0.15) is 24.2 Å². The first-order valence-electron chi connectivity index (χ1n) is 5.72. The normalized spacial score (nSPS) is 13.5. The van der Waals surface area contributed by atoms with Crippen LogP contribution in [-0.2, 0) is 6.18 Å². The summed E-state index contributed by atoms with van der Waals surface area (Å²) in [7, 11) is 1.79. The van der Waals surface area contributed by atoms with Gasteiger partial charge in [-0.3, -0.25) is 0 Å². The molecular formula is C13H13F3N2O. The Kier molecular flexibility index (Phi) is 3.61. The average Bonchev–Trinajstić information content (AvgIpc) is 2.86. The van der Waals surface area contributed by atoms with Gasteiger partial charge in [0.1, 0.15) is 6.26 Å². The van der Waals surface area contributed by atoms with Crippen LogP contribution in [0.3, 0.4) is 0 Å². The molecule has 0 aliphatic carbocycles. The second-order valence-electron chi connectivity index (χ2n) is 4.16. The van der Waals surface area contributed by atoms with Crippen molar-refractivity contribution in [2.45, 2.75) is 19.1 Å². The Labute approximate surface area is 108 Å². The molecule has 3 nitrogen and oxygen atoms in total. The minimum Gasteiger partial charge on any atom is -0.444 e. The topological polar surface area (TPSA) is 38.1 Å². The molecule has 19 heavy (non-hydrogen) atoms. The van der Waals surface area contributed by atoms with Crippen LogP contribution in [0.15, 0.2) is 34.9 Å². The van der Waals surface area contributed by atoms with Crippen molar-refractivity contribution in [3.05, 3.63) is 41.8 Å². The summed E-state index contributed by atoms with van der Waals surface area (Å²) in [4.78, 5) is 4.23. The van der Waals surface area contributed by atoms with E-state index in [1.54, 1.807) is 7.05 Å². The van der Waals surface area contributed by atoms with Crippen molar-refractivity contribution in [1.29, 1.82) is 0 Å². The molecule has 2 aromatic rings. The van der Waals surface area contributed by atoms with Gasteiger partial charge < -0.3 is 9.73 Å².